The second kappa shape index (κ2) is 8.06. The van der Waals surface area contributed by atoms with E-state index in [0.717, 1.165) is 24.2 Å². The van der Waals surface area contributed by atoms with Crippen molar-refractivity contribution in [1.82, 2.24) is 10.2 Å². The van der Waals surface area contributed by atoms with Crippen LogP contribution in [0.1, 0.15) is 25.3 Å². The molecular formula is C19H28N2O4. The van der Waals surface area contributed by atoms with Crippen LogP contribution in [-0.4, -0.2) is 63.6 Å². The van der Waals surface area contributed by atoms with Crippen LogP contribution in [-0.2, 0) is 14.9 Å². The zero-order chi connectivity index (χ0) is 17.7. The molecule has 1 N–H and O–H groups in total. The van der Waals surface area contributed by atoms with Crippen LogP contribution < -0.4 is 10.1 Å². The van der Waals surface area contributed by atoms with E-state index in [1.807, 2.05) is 30.0 Å². The largest absolute Gasteiger partial charge is 0.496 e. The topological polar surface area (TPSA) is 60.0 Å². The summed E-state index contributed by atoms with van der Waals surface area (Å²) in [5.74, 6) is 0.874. The summed E-state index contributed by atoms with van der Waals surface area (Å²) in [6.07, 6.45) is 1.73. The van der Waals surface area contributed by atoms with Crippen molar-refractivity contribution in [3.05, 3.63) is 29.8 Å². The third kappa shape index (κ3) is 3.90. The minimum Gasteiger partial charge on any atom is -0.496 e. The second-order valence-corrected chi connectivity index (χ2v) is 6.87. The van der Waals surface area contributed by atoms with Gasteiger partial charge in [0.25, 0.3) is 0 Å². The number of carbonyl (C=O) groups is 1. The number of methoxy groups -OCH3 is 1. The summed E-state index contributed by atoms with van der Waals surface area (Å²) in [5, 5.41) is 3.16. The maximum atomic E-state index is 12.7. The fourth-order valence-electron chi connectivity index (χ4n) is 3.76. The predicted molar refractivity (Wildman–Crippen MR) is 95.1 cm³/mol. The summed E-state index contributed by atoms with van der Waals surface area (Å²) in [4.78, 5) is 14.5. The minimum atomic E-state index is -0.157. The van der Waals surface area contributed by atoms with Crippen LogP contribution in [0.5, 0.6) is 5.75 Å². The van der Waals surface area contributed by atoms with Gasteiger partial charge in [-0.2, -0.15) is 0 Å². The van der Waals surface area contributed by atoms with Gasteiger partial charge in [-0.25, -0.2) is 4.79 Å². The van der Waals surface area contributed by atoms with E-state index in [1.165, 1.54) is 0 Å². The fourth-order valence-corrected chi connectivity index (χ4v) is 3.76. The van der Waals surface area contributed by atoms with Crippen LogP contribution in [0.15, 0.2) is 24.3 Å². The Hall–Kier alpha value is -1.79. The number of para-hydroxylation sites is 1. The molecule has 3 rings (SSSR count). The van der Waals surface area contributed by atoms with Crippen molar-refractivity contribution >= 4 is 6.03 Å². The smallest absolute Gasteiger partial charge is 0.317 e. The zero-order valence-corrected chi connectivity index (χ0v) is 15.1. The van der Waals surface area contributed by atoms with Gasteiger partial charge in [-0.1, -0.05) is 18.2 Å². The first-order valence-corrected chi connectivity index (χ1v) is 9.00. The summed E-state index contributed by atoms with van der Waals surface area (Å²) in [7, 11) is 1.69. The van der Waals surface area contributed by atoms with E-state index in [-0.39, 0.29) is 17.5 Å². The van der Waals surface area contributed by atoms with Crippen LogP contribution in [0.25, 0.3) is 0 Å². The van der Waals surface area contributed by atoms with E-state index < -0.39 is 0 Å². The van der Waals surface area contributed by atoms with Crippen LogP contribution >= 0.6 is 0 Å². The van der Waals surface area contributed by atoms with E-state index in [9.17, 15) is 4.79 Å². The number of ether oxygens (including phenoxy) is 3. The van der Waals surface area contributed by atoms with Gasteiger partial charge in [-0.3, -0.25) is 0 Å². The Morgan fingerprint density at radius 1 is 1.28 bits per heavy atom. The van der Waals surface area contributed by atoms with E-state index >= 15 is 0 Å². The maximum absolute atomic E-state index is 12.7. The second-order valence-electron chi connectivity index (χ2n) is 6.87. The normalized spacial score (nSPS) is 23.1. The Labute approximate surface area is 149 Å². The number of hydrogen-bond acceptors (Lipinski definition) is 4. The Morgan fingerprint density at radius 2 is 2.04 bits per heavy atom. The molecule has 138 valence electrons. The van der Waals surface area contributed by atoms with Gasteiger partial charge >= 0.3 is 6.03 Å². The van der Waals surface area contributed by atoms with Gasteiger partial charge in [0.2, 0.25) is 0 Å². The molecule has 25 heavy (non-hydrogen) atoms. The Kier molecular flexibility index (Phi) is 5.81. The minimum absolute atomic E-state index is 0.0171. The maximum Gasteiger partial charge on any atom is 0.317 e. The Morgan fingerprint density at radius 3 is 2.76 bits per heavy atom. The van der Waals surface area contributed by atoms with Crippen LogP contribution in [0.2, 0.25) is 0 Å². The molecule has 2 fully saturated rings. The SMILES string of the molecule is COc1ccccc1C1(CNC(=O)N2CCOC[C@@H]2C)CCOCC1. The van der Waals surface area contributed by atoms with Gasteiger partial charge in [0, 0.05) is 37.3 Å². The number of amides is 2. The van der Waals surface area contributed by atoms with Gasteiger partial charge in [-0.05, 0) is 25.8 Å². The van der Waals surface area contributed by atoms with Gasteiger partial charge in [0.05, 0.1) is 26.4 Å². The van der Waals surface area contributed by atoms with Crippen molar-refractivity contribution in [3.63, 3.8) is 0 Å². The summed E-state index contributed by atoms with van der Waals surface area (Å²) in [6, 6.07) is 8.18. The molecule has 0 unspecified atom stereocenters. The molecule has 0 spiro atoms. The van der Waals surface area contributed by atoms with Crippen LogP contribution in [0, 0.1) is 0 Å². The monoisotopic (exact) mass is 348 g/mol. The van der Waals surface area contributed by atoms with Crippen LogP contribution in [0.4, 0.5) is 4.79 Å². The highest BCUT2D eigenvalue weighted by Gasteiger charge is 2.37. The predicted octanol–water partition coefficient (Wildman–Crippen LogP) is 2.17. The lowest BCUT2D eigenvalue weighted by atomic mass is 9.73. The van der Waals surface area contributed by atoms with Crippen LogP contribution in [0.3, 0.4) is 0 Å². The van der Waals surface area contributed by atoms with Gasteiger partial charge in [-0.15, -0.1) is 0 Å². The number of urea groups is 1. The highest BCUT2D eigenvalue weighted by atomic mass is 16.5. The molecule has 0 bridgehead atoms. The number of morpholine rings is 1. The van der Waals surface area contributed by atoms with E-state index in [0.29, 0.717) is 39.5 Å². The number of nitrogens with one attached hydrogen (secondary N) is 1. The van der Waals surface area contributed by atoms with Crippen molar-refractivity contribution in [2.45, 2.75) is 31.2 Å². The van der Waals surface area contributed by atoms with Crippen molar-refractivity contribution < 1.29 is 19.0 Å². The molecule has 1 aromatic carbocycles. The number of carbonyl (C=O) groups excluding carboxylic acids is 1. The molecule has 2 saturated heterocycles. The van der Waals surface area contributed by atoms with Gasteiger partial charge in [0.1, 0.15) is 5.75 Å². The number of benzene rings is 1. The molecular weight excluding hydrogens is 320 g/mol. The molecule has 1 atom stereocenters. The highest BCUT2D eigenvalue weighted by molar-refractivity contribution is 5.74. The average molecular weight is 348 g/mol. The molecule has 0 radical (unpaired) electrons. The van der Waals surface area contributed by atoms with Gasteiger partial charge < -0.3 is 24.4 Å². The quantitative estimate of drug-likeness (QED) is 0.906. The third-order valence-corrected chi connectivity index (χ3v) is 5.33. The zero-order valence-electron chi connectivity index (χ0n) is 15.1. The lowest BCUT2D eigenvalue weighted by Crippen LogP contribution is -2.54. The first-order valence-electron chi connectivity index (χ1n) is 9.00. The summed E-state index contributed by atoms with van der Waals surface area (Å²) in [5.41, 5.74) is 0.992. The molecule has 6 nitrogen and oxygen atoms in total. The number of nitrogens with zero attached hydrogens (tertiary/aromatic N) is 1. The molecule has 2 aliphatic heterocycles. The Balaban J connectivity index is 1.76. The highest BCUT2D eigenvalue weighted by Crippen LogP contribution is 2.39. The van der Waals surface area contributed by atoms with Crippen molar-refractivity contribution in [1.29, 1.82) is 0 Å². The average Bonchev–Trinajstić information content (AvgIpc) is 2.67. The van der Waals surface area contributed by atoms with Crippen molar-refractivity contribution in [2.75, 3.05) is 46.6 Å². The molecule has 6 heteroatoms. The molecule has 1 aromatic rings. The third-order valence-electron chi connectivity index (χ3n) is 5.33. The molecule has 2 aliphatic rings. The summed E-state index contributed by atoms with van der Waals surface area (Å²) >= 11 is 0. The first-order chi connectivity index (χ1) is 12.2. The number of hydrogen-bond donors (Lipinski definition) is 1. The number of rotatable bonds is 4. The van der Waals surface area contributed by atoms with Crippen molar-refractivity contribution in [3.8, 4) is 5.75 Å². The summed E-state index contributed by atoms with van der Waals surface area (Å²) < 4.78 is 16.6. The molecule has 0 aromatic heterocycles. The van der Waals surface area contributed by atoms with E-state index in [4.69, 9.17) is 14.2 Å². The standard InChI is InChI=1S/C19H28N2O4/c1-15-13-25-12-9-21(15)18(22)20-14-19(7-10-24-11-8-19)16-5-3-4-6-17(16)23-2/h3-6,15H,7-14H2,1-2H3,(H,20,22)/t15-/m0/s1. The van der Waals surface area contributed by atoms with E-state index in [2.05, 4.69) is 11.4 Å². The molecule has 2 amide bonds. The lowest BCUT2D eigenvalue weighted by Gasteiger charge is -2.40. The molecule has 2 heterocycles. The lowest BCUT2D eigenvalue weighted by molar-refractivity contribution is 0.0171. The van der Waals surface area contributed by atoms with Crippen molar-refractivity contribution in [2.24, 2.45) is 0 Å². The molecule has 0 aliphatic carbocycles. The fraction of sp³-hybridized carbons (Fsp3) is 0.632. The van der Waals surface area contributed by atoms with E-state index in [1.54, 1.807) is 7.11 Å². The summed E-state index contributed by atoms with van der Waals surface area (Å²) in [6.45, 7) is 5.83. The first kappa shape index (κ1) is 18.0. The van der Waals surface area contributed by atoms with Gasteiger partial charge in [0.15, 0.2) is 0 Å². The molecule has 0 saturated carbocycles. The Bertz CT molecular complexity index is 587.